The van der Waals surface area contributed by atoms with Gasteiger partial charge in [-0.1, -0.05) is 23.7 Å². The van der Waals surface area contributed by atoms with Crippen LogP contribution >= 0.6 is 11.6 Å². The highest BCUT2D eigenvalue weighted by molar-refractivity contribution is 7.89. The van der Waals surface area contributed by atoms with Gasteiger partial charge in [0.05, 0.1) is 23.9 Å². The first-order chi connectivity index (χ1) is 13.9. The number of amides is 1. The van der Waals surface area contributed by atoms with Crippen LogP contribution < -0.4 is 10.5 Å². The van der Waals surface area contributed by atoms with Gasteiger partial charge in [0.15, 0.2) is 0 Å². The summed E-state index contributed by atoms with van der Waals surface area (Å²) in [6.45, 7) is 0. The smallest absolute Gasteiger partial charge is 0.326 e. The molecule has 0 saturated carbocycles. The van der Waals surface area contributed by atoms with Crippen LogP contribution in [0.15, 0.2) is 59.8 Å². The number of anilines is 1. The van der Waals surface area contributed by atoms with E-state index in [1.54, 1.807) is 24.3 Å². The van der Waals surface area contributed by atoms with E-state index in [1.807, 2.05) is 0 Å². The number of benzene rings is 2. The third kappa shape index (κ3) is 5.17. The average Bonchev–Trinajstić information content (AvgIpc) is 3.13. The number of halogens is 4. The van der Waals surface area contributed by atoms with E-state index in [4.69, 9.17) is 16.7 Å². The summed E-state index contributed by atoms with van der Waals surface area (Å²) in [4.78, 5) is 11.7. The van der Waals surface area contributed by atoms with Crippen LogP contribution in [0.25, 0.3) is 5.69 Å². The number of rotatable bonds is 5. The van der Waals surface area contributed by atoms with Crippen molar-refractivity contribution in [3.05, 3.63) is 71.0 Å². The highest BCUT2D eigenvalue weighted by Gasteiger charge is 2.32. The topological polar surface area (TPSA) is 107 Å². The Balaban J connectivity index is 1.88. The molecule has 3 N–H and O–H groups in total. The van der Waals surface area contributed by atoms with Gasteiger partial charge in [-0.2, -0.15) is 18.3 Å². The molecule has 1 amide bonds. The quantitative estimate of drug-likeness (QED) is 0.611. The predicted octanol–water partition coefficient (Wildman–Crippen LogP) is 3.37. The third-order valence-corrected chi connectivity index (χ3v) is 5.18. The number of nitrogens with zero attached hydrogens (tertiary/aromatic N) is 2. The molecule has 0 radical (unpaired) electrons. The molecule has 0 aliphatic carbocycles. The molecule has 1 heterocycles. The zero-order valence-electron chi connectivity index (χ0n) is 15.0. The Morgan fingerprint density at radius 1 is 1.17 bits per heavy atom. The molecule has 0 bridgehead atoms. The number of carbonyl (C=O) groups is 1. The first-order valence-corrected chi connectivity index (χ1v) is 10.2. The summed E-state index contributed by atoms with van der Waals surface area (Å²) in [7, 11) is -4.34. The molecule has 0 atom stereocenters. The number of alkyl halides is 3. The fourth-order valence-corrected chi connectivity index (χ4v) is 3.47. The summed E-state index contributed by atoms with van der Waals surface area (Å²) in [5.41, 5.74) is -0.465. The second-order valence-corrected chi connectivity index (χ2v) is 8.22. The SMILES string of the molecule is NS(=O)(=O)c1cc(NC(=O)Cc2ccc(Cl)cc2)ccc1-n1cc(C(F)(F)F)cn1. The number of hydrogen-bond acceptors (Lipinski definition) is 4. The van der Waals surface area contributed by atoms with Crippen LogP contribution in [0.4, 0.5) is 18.9 Å². The Morgan fingerprint density at radius 3 is 2.40 bits per heavy atom. The highest BCUT2D eigenvalue weighted by atomic mass is 35.5. The van der Waals surface area contributed by atoms with Crippen LogP contribution in [0.2, 0.25) is 5.02 Å². The summed E-state index contributed by atoms with van der Waals surface area (Å²) < 4.78 is 63.1. The Kier molecular flexibility index (Phi) is 5.88. The number of aromatic nitrogens is 2. The Hall–Kier alpha value is -2.89. The molecule has 12 heteroatoms. The van der Waals surface area contributed by atoms with Crippen LogP contribution in [0.1, 0.15) is 11.1 Å². The minimum Gasteiger partial charge on any atom is -0.326 e. The van der Waals surface area contributed by atoms with Crippen molar-refractivity contribution >= 4 is 33.2 Å². The van der Waals surface area contributed by atoms with E-state index in [1.165, 1.54) is 12.1 Å². The zero-order chi connectivity index (χ0) is 22.1. The Bertz CT molecular complexity index is 1190. The van der Waals surface area contributed by atoms with E-state index >= 15 is 0 Å². The van der Waals surface area contributed by atoms with Gasteiger partial charge in [-0.05, 0) is 35.9 Å². The molecule has 1 aromatic heterocycles. The standard InChI is InChI=1S/C18H14ClF3N4O3S/c19-13-3-1-11(2-4-13)7-17(27)25-14-5-6-15(16(8-14)30(23,28)29)26-10-12(9-24-26)18(20,21)22/h1-6,8-10H,7H2,(H,25,27)(H2,23,28,29). The van der Waals surface area contributed by atoms with Crippen molar-refractivity contribution in [1.29, 1.82) is 0 Å². The van der Waals surface area contributed by atoms with E-state index < -0.39 is 32.6 Å². The lowest BCUT2D eigenvalue weighted by Crippen LogP contribution is -2.18. The van der Waals surface area contributed by atoms with Gasteiger partial charge in [0, 0.05) is 16.9 Å². The lowest BCUT2D eigenvalue weighted by molar-refractivity contribution is -0.137. The first-order valence-electron chi connectivity index (χ1n) is 8.27. The highest BCUT2D eigenvalue weighted by Crippen LogP contribution is 2.30. The van der Waals surface area contributed by atoms with Gasteiger partial charge in [-0.25, -0.2) is 18.2 Å². The lowest BCUT2D eigenvalue weighted by atomic mass is 10.1. The number of primary sulfonamides is 1. The van der Waals surface area contributed by atoms with Crippen LogP contribution in [0, 0.1) is 0 Å². The second kappa shape index (κ2) is 8.09. The van der Waals surface area contributed by atoms with Gasteiger partial charge >= 0.3 is 6.18 Å². The molecule has 0 aliphatic heterocycles. The van der Waals surface area contributed by atoms with Crippen LogP contribution in [-0.2, 0) is 27.4 Å². The Labute approximate surface area is 174 Å². The summed E-state index contributed by atoms with van der Waals surface area (Å²) in [6, 6.07) is 10.2. The number of carbonyl (C=O) groups excluding carboxylic acids is 1. The number of sulfonamides is 1. The van der Waals surface area contributed by atoms with Gasteiger partial charge in [0.1, 0.15) is 4.90 Å². The molecule has 3 rings (SSSR count). The van der Waals surface area contributed by atoms with Crippen LogP contribution in [0.3, 0.4) is 0 Å². The van der Waals surface area contributed by atoms with Gasteiger partial charge < -0.3 is 5.32 Å². The number of nitrogens with two attached hydrogens (primary N) is 1. The molecule has 0 spiro atoms. The van der Waals surface area contributed by atoms with Gasteiger partial charge in [0.2, 0.25) is 15.9 Å². The minimum atomic E-state index is -4.64. The second-order valence-electron chi connectivity index (χ2n) is 6.25. The molecule has 7 nitrogen and oxygen atoms in total. The van der Waals surface area contributed by atoms with Crippen molar-refractivity contribution < 1.29 is 26.4 Å². The van der Waals surface area contributed by atoms with Crippen molar-refractivity contribution in [1.82, 2.24) is 9.78 Å². The molecule has 0 unspecified atom stereocenters. The summed E-state index contributed by atoms with van der Waals surface area (Å²) >= 11 is 5.79. The van der Waals surface area contributed by atoms with Crippen LogP contribution in [0.5, 0.6) is 0 Å². The van der Waals surface area contributed by atoms with Crippen LogP contribution in [-0.4, -0.2) is 24.1 Å². The molecule has 30 heavy (non-hydrogen) atoms. The van der Waals surface area contributed by atoms with E-state index in [9.17, 15) is 26.4 Å². The van der Waals surface area contributed by atoms with E-state index in [2.05, 4.69) is 10.4 Å². The monoisotopic (exact) mass is 458 g/mol. The van der Waals surface area contributed by atoms with Crippen molar-refractivity contribution in [2.75, 3.05) is 5.32 Å². The van der Waals surface area contributed by atoms with E-state index in [-0.39, 0.29) is 17.8 Å². The Morgan fingerprint density at radius 2 is 1.83 bits per heavy atom. The first kappa shape index (κ1) is 21.8. The fraction of sp³-hybridized carbons (Fsp3) is 0.111. The minimum absolute atomic E-state index is 0.00225. The lowest BCUT2D eigenvalue weighted by Gasteiger charge is -2.12. The number of nitrogens with one attached hydrogen (secondary N) is 1. The van der Waals surface area contributed by atoms with Crippen molar-refractivity contribution in [3.8, 4) is 5.69 Å². The maximum atomic E-state index is 12.8. The van der Waals surface area contributed by atoms with Crippen molar-refractivity contribution in [2.24, 2.45) is 5.14 Å². The molecule has 2 aromatic carbocycles. The maximum Gasteiger partial charge on any atom is 0.419 e. The van der Waals surface area contributed by atoms with Gasteiger partial charge in [-0.15, -0.1) is 0 Å². The molecule has 3 aromatic rings. The molecule has 0 saturated heterocycles. The molecular formula is C18H14ClF3N4O3S. The van der Waals surface area contributed by atoms with Crippen molar-refractivity contribution in [3.63, 3.8) is 0 Å². The van der Waals surface area contributed by atoms with Crippen molar-refractivity contribution in [2.45, 2.75) is 17.5 Å². The summed E-state index contributed by atoms with van der Waals surface area (Å²) in [5.74, 6) is -0.441. The predicted molar refractivity (Wildman–Crippen MR) is 104 cm³/mol. The molecule has 0 fully saturated rings. The summed E-state index contributed by atoms with van der Waals surface area (Å²) in [5, 5.41) is 11.8. The molecule has 0 aliphatic rings. The van der Waals surface area contributed by atoms with Gasteiger partial charge in [0.25, 0.3) is 0 Å². The number of hydrogen-bond donors (Lipinski definition) is 2. The van der Waals surface area contributed by atoms with Gasteiger partial charge in [-0.3, -0.25) is 4.79 Å². The average molecular weight is 459 g/mol. The molecular weight excluding hydrogens is 445 g/mol. The maximum absolute atomic E-state index is 12.8. The fourth-order valence-electron chi connectivity index (χ4n) is 2.60. The normalized spacial score (nSPS) is 12.0. The van der Waals surface area contributed by atoms with E-state index in [0.29, 0.717) is 23.0 Å². The molecule has 158 valence electrons. The van der Waals surface area contributed by atoms with E-state index in [0.717, 1.165) is 10.7 Å². The zero-order valence-corrected chi connectivity index (χ0v) is 16.6. The summed E-state index contributed by atoms with van der Waals surface area (Å²) in [6.07, 6.45) is -3.44. The third-order valence-electron chi connectivity index (χ3n) is 3.98. The largest absolute Gasteiger partial charge is 0.419 e.